The van der Waals surface area contributed by atoms with Crippen LogP contribution in [0.3, 0.4) is 0 Å². The molecule has 0 radical (unpaired) electrons. The van der Waals surface area contributed by atoms with E-state index < -0.39 is 0 Å². The molecule has 1 atom stereocenters. The third kappa shape index (κ3) is 3.58. The molecule has 1 unspecified atom stereocenters. The summed E-state index contributed by atoms with van der Waals surface area (Å²) in [5, 5.41) is 3.20. The summed E-state index contributed by atoms with van der Waals surface area (Å²) in [6, 6.07) is 9.65. The van der Waals surface area contributed by atoms with Gasteiger partial charge in [0.1, 0.15) is 5.82 Å². The van der Waals surface area contributed by atoms with E-state index in [4.69, 9.17) is 4.74 Å². The molecule has 2 aromatic carbocycles. The Bertz CT molecular complexity index is 628. The predicted octanol–water partition coefficient (Wildman–Crippen LogP) is 3.79. The molecule has 0 fully saturated rings. The first-order chi connectivity index (χ1) is 10.0. The summed E-state index contributed by atoms with van der Waals surface area (Å²) in [5.74, 6) is -0.389. The number of halogens is 2. The maximum Gasteiger partial charge on any atom is 0.165 e. The van der Waals surface area contributed by atoms with Gasteiger partial charge in [0.15, 0.2) is 11.6 Å². The van der Waals surface area contributed by atoms with E-state index in [1.807, 2.05) is 20.0 Å². The van der Waals surface area contributed by atoms with Crippen molar-refractivity contribution in [3.63, 3.8) is 0 Å². The van der Waals surface area contributed by atoms with Crippen molar-refractivity contribution in [1.29, 1.82) is 0 Å². The Morgan fingerprint density at radius 2 is 1.90 bits per heavy atom. The second kappa shape index (κ2) is 6.68. The molecule has 0 saturated heterocycles. The van der Waals surface area contributed by atoms with Gasteiger partial charge in [0.25, 0.3) is 0 Å². The van der Waals surface area contributed by atoms with E-state index in [9.17, 15) is 8.78 Å². The molecule has 0 heterocycles. The van der Waals surface area contributed by atoms with Crippen molar-refractivity contribution in [3.8, 4) is 5.75 Å². The third-order valence-corrected chi connectivity index (χ3v) is 3.61. The molecule has 0 aliphatic heterocycles. The lowest BCUT2D eigenvalue weighted by Gasteiger charge is -2.19. The first-order valence-corrected chi connectivity index (χ1v) is 6.81. The van der Waals surface area contributed by atoms with Crippen molar-refractivity contribution >= 4 is 0 Å². The second-order valence-corrected chi connectivity index (χ2v) is 5.02. The lowest BCUT2D eigenvalue weighted by molar-refractivity contribution is 0.386. The van der Waals surface area contributed by atoms with Crippen LogP contribution in [0.2, 0.25) is 0 Å². The number of hydrogen-bond donors (Lipinski definition) is 1. The standard InChI is InChI=1S/C17H19F2NO/c1-11-8-13(18)5-6-14(11)16(20-2)10-12-4-7-17(21-3)15(19)9-12/h4-9,16,20H,10H2,1-3H3. The largest absolute Gasteiger partial charge is 0.494 e. The number of likely N-dealkylation sites (N-methyl/N-ethyl adjacent to an activating group) is 1. The molecule has 4 heteroatoms. The molecule has 0 saturated carbocycles. The van der Waals surface area contributed by atoms with Crippen LogP contribution < -0.4 is 10.1 Å². The minimum atomic E-state index is -0.374. The number of benzene rings is 2. The van der Waals surface area contributed by atoms with Crippen LogP contribution >= 0.6 is 0 Å². The minimum absolute atomic E-state index is 0.00149. The fourth-order valence-electron chi connectivity index (χ4n) is 2.47. The average Bonchev–Trinajstić information content (AvgIpc) is 2.45. The molecule has 2 rings (SSSR count). The van der Waals surface area contributed by atoms with Crippen LogP contribution in [-0.4, -0.2) is 14.2 Å². The molecule has 2 aromatic rings. The Balaban J connectivity index is 2.24. The molecule has 112 valence electrons. The van der Waals surface area contributed by atoms with E-state index in [0.717, 1.165) is 16.7 Å². The molecule has 0 bridgehead atoms. The topological polar surface area (TPSA) is 21.3 Å². The van der Waals surface area contributed by atoms with Crippen molar-refractivity contribution < 1.29 is 13.5 Å². The van der Waals surface area contributed by atoms with E-state index in [2.05, 4.69) is 5.32 Å². The molecule has 2 nitrogen and oxygen atoms in total. The maximum atomic E-state index is 13.7. The smallest absolute Gasteiger partial charge is 0.165 e. The molecular formula is C17H19F2NO. The summed E-state index contributed by atoms with van der Waals surface area (Å²) in [5.41, 5.74) is 2.75. The van der Waals surface area contributed by atoms with Gasteiger partial charge in [0.2, 0.25) is 0 Å². The fourth-order valence-corrected chi connectivity index (χ4v) is 2.47. The van der Waals surface area contributed by atoms with Gasteiger partial charge in [0.05, 0.1) is 7.11 Å². The highest BCUT2D eigenvalue weighted by Crippen LogP contribution is 2.25. The van der Waals surface area contributed by atoms with E-state index in [1.165, 1.54) is 25.3 Å². The van der Waals surface area contributed by atoms with Gasteiger partial charge < -0.3 is 10.1 Å². The zero-order valence-corrected chi connectivity index (χ0v) is 12.4. The zero-order chi connectivity index (χ0) is 15.4. The van der Waals surface area contributed by atoms with E-state index in [0.29, 0.717) is 6.42 Å². The van der Waals surface area contributed by atoms with E-state index >= 15 is 0 Å². The predicted molar refractivity (Wildman–Crippen MR) is 79.6 cm³/mol. The number of hydrogen-bond acceptors (Lipinski definition) is 2. The van der Waals surface area contributed by atoms with Crippen LogP contribution in [0.4, 0.5) is 8.78 Å². The van der Waals surface area contributed by atoms with Gasteiger partial charge in [-0.15, -0.1) is 0 Å². The minimum Gasteiger partial charge on any atom is -0.494 e. The van der Waals surface area contributed by atoms with E-state index in [-0.39, 0.29) is 23.4 Å². The van der Waals surface area contributed by atoms with Gasteiger partial charge in [-0.05, 0) is 61.3 Å². The highest BCUT2D eigenvalue weighted by Gasteiger charge is 2.14. The summed E-state index contributed by atoms with van der Waals surface area (Å²) >= 11 is 0. The van der Waals surface area contributed by atoms with Crippen LogP contribution in [0.1, 0.15) is 22.7 Å². The summed E-state index contributed by atoms with van der Waals surface area (Å²) in [6.45, 7) is 1.87. The van der Waals surface area contributed by atoms with Crippen LogP contribution in [0.5, 0.6) is 5.75 Å². The Morgan fingerprint density at radius 3 is 2.48 bits per heavy atom. The molecule has 0 aromatic heterocycles. The van der Waals surface area contributed by atoms with Gasteiger partial charge >= 0.3 is 0 Å². The zero-order valence-electron chi connectivity index (χ0n) is 12.4. The normalized spacial score (nSPS) is 12.2. The average molecular weight is 291 g/mol. The molecule has 21 heavy (non-hydrogen) atoms. The summed E-state index contributed by atoms with van der Waals surface area (Å²) < 4.78 is 31.9. The Kier molecular flexibility index (Phi) is 4.91. The first-order valence-electron chi connectivity index (χ1n) is 6.81. The summed E-state index contributed by atoms with van der Waals surface area (Å²) in [7, 11) is 3.28. The second-order valence-electron chi connectivity index (χ2n) is 5.02. The lowest BCUT2D eigenvalue weighted by Crippen LogP contribution is -2.20. The number of methoxy groups -OCH3 is 1. The maximum absolute atomic E-state index is 13.7. The molecule has 0 aliphatic carbocycles. The van der Waals surface area contributed by atoms with Crippen molar-refractivity contribution in [3.05, 3.63) is 64.7 Å². The third-order valence-electron chi connectivity index (χ3n) is 3.61. The Hall–Kier alpha value is -1.94. The summed E-state index contributed by atoms with van der Waals surface area (Å²) in [6.07, 6.45) is 0.615. The SMILES string of the molecule is CNC(Cc1ccc(OC)c(F)c1)c1ccc(F)cc1C. The van der Waals surface area contributed by atoms with Crippen LogP contribution in [0.15, 0.2) is 36.4 Å². The van der Waals surface area contributed by atoms with Gasteiger partial charge in [0, 0.05) is 6.04 Å². The summed E-state index contributed by atoms with van der Waals surface area (Å²) in [4.78, 5) is 0. The van der Waals surface area contributed by atoms with Gasteiger partial charge in [-0.25, -0.2) is 8.78 Å². The number of ether oxygens (including phenoxy) is 1. The number of nitrogens with one attached hydrogen (secondary N) is 1. The van der Waals surface area contributed by atoms with Gasteiger partial charge in [-0.3, -0.25) is 0 Å². The lowest BCUT2D eigenvalue weighted by atomic mass is 9.95. The van der Waals surface area contributed by atoms with Gasteiger partial charge in [-0.2, -0.15) is 0 Å². The van der Waals surface area contributed by atoms with Crippen LogP contribution in [-0.2, 0) is 6.42 Å². The Morgan fingerprint density at radius 1 is 1.14 bits per heavy atom. The number of rotatable bonds is 5. The fraction of sp³-hybridized carbons (Fsp3) is 0.294. The highest BCUT2D eigenvalue weighted by atomic mass is 19.1. The highest BCUT2D eigenvalue weighted by molar-refractivity contribution is 5.33. The number of aryl methyl sites for hydroxylation is 1. The molecule has 0 amide bonds. The monoisotopic (exact) mass is 291 g/mol. The van der Waals surface area contributed by atoms with Gasteiger partial charge in [-0.1, -0.05) is 12.1 Å². The first kappa shape index (κ1) is 15.4. The van der Waals surface area contributed by atoms with E-state index in [1.54, 1.807) is 12.1 Å². The van der Waals surface area contributed by atoms with Crippen molar-refractivity contribution in [2.75, 3.05) is 14.2 Å². The van der Waals surface area contributed by atoms with Crippen LogP contribution in [0.25, 0.3) is 0 Å². The molecule has 0 spiro atoms. The van der Waals surface area contributed by atoms with Crippen LogP contribution in [0, 0.1) is 18.6 Å². The van der Waals surface area contributed by atoms with Crippen molar-refractivity contribution in [2.45, 2.75) is 19.4 Å². The molecular weight excluding hydrogens is 272 g/mol. The molecule has 1 N–H and O–H groups in total. The van der Waals surface area contributed by atoms with Crippen molar-refractivity contribution in [2.24, 2.45) is 0 Å². The quantitative estimate of drug-likeness (QED) is 0.905. The van der Waals surface area contributed by atoms with Crippen molar-refractivity contribution in [1.82, 2.24) is 5.32 Å². The molecule has 0 aliphatic rings. The Labute approximate surface area is 123 Å².